The Hall–Kier alpha value is -2.73. The van der Waals surface area contributed by atoms with E-state index >= 15 is 0 Å². The molecule has 20 heavy (non-hydrogen) atoms. The summed E-state index contributed by atoms with van der Waals surface area (Å²) in [5, 5.41) is 8.94. The molecule has 3 heteroatoms. The Balaban J connectivity index is 1.75. The van der Waals surface area contributed by atoms with Crippen molar-refractivity contribution in [3.05, 3.63) is 58.7 Å². The van der Waals surface area contributed by atoms with E-state index in [4.69, 9.17) is 5.26 Å². The number of rotatable bonds is 1. The molecular formula is C17H11N3. The van der Waals surface area contributed by atoms with E-state index in [2.05, 4.69) is 34.3 Å². The maximum Gasteiger partial charge on any atom is 0.0992 e. The van der Waals surface area contributed by atoms with Crippen LogP contribution in [0.15, 0.2) is 46.4 Å². The lowest BCUT2D eigenvalue weighted by molar-refractivity contribution is 1.36. The summed E-state index contributed by atoms with van der Waals surface area (Å²) in [6.45, 7) is 0. The maximum atomic E-state index is 8.94. The summed E-state index contributed by atoms with van der Waals surface area (Å²) in [5.74, 6) is 0. The molecule has 0 aromatic heterocycles. The summed E-state index contributed by atoms with van der Waals surface area (Å²) in [6, 6.07) is 14.2. The first-order valence-electron chi connectivity index (χ1n) is 6.60. The van der Waals surface area contributed by atoms with Gasteiger partial charge >= 0.3 is 0 Å². The molecule has 0 saturated heterocycles. The van der Waals surface area contributed by atoms with Crippen LogP contribution in [0.3, 0.4) is 0 Å². The molecule has 0 saturated carbocycles. The number of nitrogens with zero attached hydrogens (tertiary/aromatic N) is 3. The summed E-state index contributed by atoms with van der Waals surface area (Å²) in [6.07, 6.45) is 3.69. The van der Waals surface area contributed by atoms with Gasteiger partial charge in [-0.05, 0) is 34.9 Å². The maximum absolute atomic E-state index is 8.94. The zero-order chi connectivity index (χ0) is 13.5. The quantitative estimate of drug-likeness (QED) is 0.771. The third-order valence-electron chi connectivity index (χ3n) is 3.79. The molecule has 2 heterocycles. The molecule has 3 nitrogen and oxygen atoms in total. The predicted octanol–water partition coefficient (Wildman–Crippen LogP) is 3.49. The molecule has 2 aromatic carbocycles. The number of hydrogen-bond donors (Lipinski definition) is 0. The van der Waals surface area contributed by atoms with Crippen molar-refractivity contribution in [2.75, 3.05) is 0 Å². The van der Waals surface area contributed by atoms with Crippen molar-refractivity contribution in [3.8, 4) is 6.07 Å². The van der Waals surface area contributed by atoms with Gasteiger partial charge in [-0.2, -0.15) is 5.26 Å². The van der Waals surface area contributed by atoms with Gasteiger partial charge in [-0.25, -0.2) is 0 Å². The monoisotopic (exact) mass is 257 g/mol. The van der Waals surface area contributed by atoms with E-state index < -0.39 is 0 Å². The Kier molecular flexibility index (Phi) is 2.30. The molecule has 0 spiro atoms. The minimum atomic E-state index is 0.660. The fraction of sp³-hybridized carbons (Fsp3) is 0.118. The molecule has 2 aliphatic rings. The molecule has 0 aliphatic carbocycles. The van der Waals surface area contributed by atoms with E-state index in [1.54, 1.807) is 0 Å². The molecule has 0 atom stereocenters. The van der Waals surface area contributed by atoms with E-state index in [1.165, 1.54) is 11.1 Å². The molecule has 0 radical (unpaired) electrons. The van der Waals surface area contributed by atoms with Crippen molar-refractivity contribution in [1.82, 2.24) is 0 Å². The average Bonchev–Trinajstić information content (AvgIpc) is 3.11. The van der Waals surface area contributed by atoms with Gasteiger partial charge in [0.15, 0.2) is 0 Å². The van der Waals surface area contributed by atoms with E-state index in [9.17, 15) is 0 Å². The van der Waals surface area contributed by atoms with Crippen LogP contribution in [0.1, 0.15) is 22.3 Å². The highest BCUT2D eigenvalue weighted by molar-refractivity contribution is 6.07. The van der Waals surface area contributed by atoms with Gasteiger partial charge in [0.05, 0.1) is 28.7 Å². The SMILES string of the molecule is N#Cc1ccc2c(c1)N=C(c1ccc3c(c1)N=CC3)C2. The van der Waals surface area contributed by atoms with Crippen LogP contribution in [0.2, 0.25) is 0 Å². The molecular weight excluding hydrogens is 246 g/mol. The molecule has 0 bridgehead atoms. The van der Waals surface area contributed by atoms with Crippen LogP contribution in [-0.2, 0) is 12.8 Å². The van der Waals surface area contributed by atoms with Crippen molar-refractivity contribution in [2.45, 2.75) is 12.8 Å². The van der Waals surface area contributed by atoms with Crippen molar-refractivity contribution >= 4 is 23.3 Å². The molecule has 94 valence electrons. The lowest BCUT2D eigenvalue weighted by Crippen LogP contribution is -2.00. The molecule has 0 N–H and O–H groups in total. The second kappa shape index (κ2) is 4.14. The molecule has 2 aromatic rings. The van der Waals surface area contributed by atoms with E-state index in [1.807, 2.05) is 24.4 Å². The van der Waals surface area contributed by atoms with Gasteiger partial charge in [0.2, 0.25) is 0 Å². The van der Waals surface area contributed by atoms with Crippen LogP contribution >= 0.6 is 0 Å². The van der Waals surface area contributed by atoms with Crippen molar-refractivity contribution in [1.29, 1.82) is 5.26 Å². The first-order chi connectivity index (χ1) is 9.83. The standard InChI is InChI=1S/C17H11N3/c18-10-11-1-2-13-9-17(20-16(13)7-11)14-4-3-12-5-6-19-15(12)8-14/h1-4,6-8H,5,9H2. The number of aliphatic imine (C=N–C) groups is 2. The minimum absolute atomic E-state index is 0.660. The molecule has 2 aliphatic heterocycles. The van der Waals surface area contributed by atoms with E-state index in [-0.39, 0.29) is 0 Å². The second-order valence-corrected chi connectivity index (χ2v) is 5.05. The molecule has 4 rings (SSSR count). The zero-order valence-corrected chi connectivity index (χ0v) is 10.8. The largest absolute Gasteiger partial charge is 0.261 e. The Labute approximate surface area is 116 Å². The van der Waals surface area contributed by atoms with Crippen LogP contribution in [-0.4, -0.2) is 11.9 Å². The van der Waals surface area contributed by atoms with Crippen LogP contribution < -0.4 is 0 Å². The zero-order valence-electron chi connectivity index (χ0n) is 10.8. The fourth-order valence-electron chi connectivity index (χ4n) is 2.70. The van der Waals surface area contributed by atoms with Crippen molar-refractivity contribution in [2.24, 2.45) is 9.98 Å². The molecule has 0 amide bonds. The summed E-state index contributed by atoms with van der Waals surface area (Å²) in [4.78, 5) is 9.05. The lowest BCUT2D eigenvalue weighted by atomic mass is 10.0. The van der Waals surface area contributed by atoms with E-state index in [0.29, 0.717) is 5.56 Å². The van der Waals surface area contributed by atoms with Gasteiger partial charge in [-0.1, -0.05) is 18.2 Å². The number of nitriles is 1. The predicted molar refractivity (Wildman–Crippen MR) is 79.4 cm³/mol. The van der Waals surface area contributed by atoms with Crippen LogP contribution in [0.4, 0.5) is 11.4 Å². The van der Waals surface area contributed by atoms with Gasteiger partial charge in [-0.3, -0.25) is 9.98 Å². The fourth-order valence-corrected chi connectivity index (χ4v) is 2.70. The third-order valence-corrected chi connectivity index (χ3v) is 3.79. The Morgan fingerprint density at radius 1 is 1.00 bits per heavy atom. The minimum Gasteiger partial charge on any atom is -0.261 e. The smallest absolute Gasteiger partial charge is 0.0992 e. The number of benzene rings is 2. The topological polar surface area (TPSA) is 48.5 Å². The summed E-state index contributed by atoms with van der Waals surface area (Å²) >= 11 is 0. The van der Waals surface area contributed by atoms with Crippen molar-refractivity contribution < 1.29 is 0 Å². The van der Waals surface area contributed by atoms with Gasteiger partial charge < -0.3 is 0 Å². The molecule has 0 fully saturated rings. The Morgan fingerprint density at radius 3 is 2.80 bits per heavy atom. The summed E-state index contributed by atoms with van der Waals surface area (Å²) in [7, 11) is 0. The average molecular weight is 257 g/mol. The summed E-state index contributed by atoms with van der Waals surface area (Å²) in [5.41, 5.74) is 7.27. The van der Waals surface area contributed by atoms with Crippen LogP contribution in [0.5, 0.6) is 0 Å². The Bertz CT molecular complexity index is 823. The van der Waals surface area contributed by atoms with Gasteiger partial charge in [-0.15, -0.1) is 0 Å². The highest BCUT2D eigenvalue weighted by Crippen LogP contribution is 2.32. The first-order valence-corrected chi connectivity index (χ1v) is 6.60. The lowest BCUT2D eigenvalue weighted by Gasteiger charge is -2.03. The normalized spacial score (nSPS) is 14.7. The third kappa shape index (κ3) is 1.66. The van der Waals surface area contributed by atoms with E-state index in [0.717, 1.165) is 35.5 Å². The Morgan fingerprint density at radius 2 is 1.90 bits per heavy atom. The highest BCUT2D eigenvalue weighted by atomic mass is 14.8. The van der Waals surface area contributed by atoms with Gasteiger partial charge in [0.1, 0.15) is 0 Å². The molecule has 0 unspecified atom stereocenters. The summed E-state index contributed by atoms with van der Waals surface area (Å²) < 4.78 is 0. The highest BCUT2D eigenvalue weighted by Gasteiger charge is 2.18. The van der Waals surface area contributed by atoms with Crippen LogP contribution in [0, 0.1) is 11.3 Å². The second-order valence-electron chi connectivity index (χ2n) is 5.05. The van der Waals surface area contributed by atoms with Gasteiger partial charge in [0, 0.05) is 19.1 Å². The van der Waals surface area contributed by atoms with Crippen molar-refractivity contribution in [3.63, 3.8) is 0 Å². The number of hydrogen-bond acceptors (Lipinski definition) is 3. The first kappa shape index (κ1) is 11.1. The van der Waals surface area contributed by atoms with Crippen LogP contribution in [0.25, 0.3) is 0 Å². The number of fused-ring (bicyclic) bond motifs is 2. The van der Waals surface area contributed by atoms with Gasteiger partial charge in [0.25, 0.3) is 0 Å².